The standard InChI is InChI=1S/C18H25NO3/c1-18(2,3)22-17(20)19-12-8-4-5-9-15-10-6-7-11-16(15)21-14-13-19/h5-7,9-11H,4,8,12-14H2,1-3H3/b9-5-. The number of nitrogens with zero attached hydrogens (tertiary/aromatic N) is 1. The number of para-hydroxylation sites is 1. The van der Waals surface area contributed by atoms with Crippen molar-refractivity contribution in [1.82, 2.24) is 4.90 Å². The molecule has 1 aliphatic heterocycles. The van der Waals surface area contributed by atoms with Gasteiger partial charge in [0.2, 0.25) is 0 Å². The van der Waals surface area contributed by atoms with Crippen molar-refractivity contribution in [3.8, 4) is 5.75 Å². The summed E-state index contributed by atoms with van der Waals surface area (Å²) in [6.07, 6.45) is 5.78. The van der Waals surface area contributed by atoms with Crippen molar-refractivity contribution in [3.63, 3.8) is 0 Å². The van der Waals surface area contributed by atoms with Gasteiger partial charge in [-0.3, -0.25) is 0 Å². The summed E-state index contributed by atoms with van der Waals surface area (Å²) < 4.78 is 11.3. The number of ether oxygens (including phenoxy) is 2. The molecule has 0 spiro atoms. The van der Waals surface area contributed by atoms with E-state index < -0.39 is 5.60 Å². The van der Waals surface area contributed by atoms with Crippen LogP contribution in [0.25, 0.3) is 6.08 Å². The number of fused-ring (bicyclic) bond motifs is 1. The molecule has 0 aromatic heterocycles. The van der Waals surface area contributed by atoms with Gasteiger partial charge in [0.1, 0.15) is 18.0 Å². The summed E-state index contributed by atoms with van der Waals surface area (Å²) in [6.45, 7) is 7.32. The van der Waals surface area contributed by atoms with Crippen LogP contribution >= 0.6 is 0 Å². The Bertz CT molecular complexity index is 531. The van der Waals surface area contributed by atoms with Gasteiger partial charge >= 0.3 is 6.09 Å². The Hall–Kier alpha value is -1.97. The minimum absolute atomic E-state index is 0.271. The molecule has 1 amide bonds. The van der Waals surface area contributed by atoms with E-state index >= 15 is 0 Å². The van der Waals surface area contributed by atoms with Gasteiger partial charge in [-0.25, -0.2) is 4.79 Å². The molecule has 1 aliphatic rings. The molecule has 0 unspecified atom stereocenters. The fourth-order valence-corrected chi connectivity index (χ4v) is 2.25. The number of carbonyl (C=O) groups excluding carboxylic acids is 1. The predicted octanol–water partition coefficient (Wildman–Crippen LogP) is 4.11. The van der Waals surface area contributed by atoms with E-state index in [-0.39, 0.29) is 6.09 Å². The Morgan fingerprint density at radius 2 is 2.00 bits per heavy atom. The molecule has 4 heteroatoms. The third-order valence-corrected chi connectivity index (χ3v) is 3.29. The second-order valence-electron chi connectivity index (χ2n) is 6.40. The van der Waals surface area contributed by atoms with Gasteiger partial charge in [0.15, 0.2) is 0 Å². The SMILES string of the molecule is CC(C)(C)OC(=O)N1CCC/C=C\c2ccccc2OCC1. The van der Waals surface area contributed by atoms with Crippen LogP contribution in [-0.2, 0) is 4.74 Å². The summed E-state index contributed by atoms with van der Waals surface area (Å²) in [5, 5.41) is 0. The van der Waals surface area contributed by atoms with E-state index in [0.717, 1.165) is 24.2 Å². The highest BCUT2D eigenvalue weighted by Crippen LogP contribution is 2.20. The van der Waals surface area contributed by atoms with Gasteiger partial charge in [0.25, 0.3) is 0 Å². The average Bonchev–Trinajstić information content (AvgIpc) is 2.48. The molecule has 1 aromatic rings. The molecule has 0 saturated carbocycles. The second-order valence-corrected chi connectivity index (χ2v) is 6.40. The van der Waals surface area contributed by atoms with E-state index in [1.807, 2.05) is 45.0 Å². The monoisotopic (exact) mass is 303 g/mol. The molecule has 0 saturated heterocycles. The minimum atomic E-state index is -0.476. The maximum atomic E-state index is 12.2. The lowest BCUT2D eigenvalue weighted by Crippen LogP contribution is -2.39. The van der Waals surface area contributed by atoms with Crippen molar-refractivity contribution in [2.75, 3.05) is 19.7 Å². The summed E-state index contributed by atoms with van der Waals surface area (Å²) in [5.74, 6) is 0.852. The van der Waals surface area contributed by atoms with Crippen LogP contribution in [0.4, 0.5) is 4.79 Å². The van der Waals surface area contributed by atoms with Crippen molar-refractivity contribution in [1.29, 1.82) is 0 Å². The molecule has 120 valence electrons. The molecule has 0 aliphatic carbocycles. The molecule has 0 radical (unpaired) electrons. The first kappa shape index (κ1) is 16.4. The summed E-state index contributed by atoms with van der Waals surface area (Å²) in [6, 6.07) is 7.95. The zero-order valence-electron chi connectivity index (χ0n) is 13.7. The van der Waals surface area contributed by atoms with Gasteiger partial charge < -0.3 is 14.4 Å². The van der Waals surface area contributed by atoms with Gasteiger partial charge in [-0.2, -0.15) is 0 Å². The van der Waals surface area contributed by atoms with Crippen LogP contribution in [0, 0.1) is 0 Å². The van der Waals surface area contributed by atoms with Crippen molar-refractivity contribution < 1.29 is 14.3 Å². The molecule has 0 N–H and O–H groups in total. The van der Waals surface area contributed by atoms with E-state index in [1.165, 1.54) is 0 Å². The molecule has 0 bridgehead atoms. The van der Waals surface area contributed by atoms with Crippen molar-refractivity contribution in [2.45, 2.75) is 39.2 Å². The molecule has 4 nitrogen and oxygen atoms in total. The molecule has 2 rings (SSSR count). The van der Waals surface area contributed by atoms with Crippen LogP contribution in [0.5, 0.6) is 5.75 Å². The summed E-state index contributed by atoms with van der Waals surface area (Å²) >= 11 is 0. The first-order valence-corrected chi connectivity index (χ1v) is 7.82. The summed E-state index contributed by atoms with van der Waals surface area (Å²) in [4.78, 5) is 14.0. The van der Waals surface area contributed by atoms with E-state index in [1.54, 1.807) is 4.90 Å². The molecule has 0 fully saturated rings. The van der Waals surface area contributed by atoms with Gasteiger partial charge in [-0.05, 0) is 39.7 Å². The van der Waals surface area contributed by atoms with Crippen molar-refractivity contribution in [3.05, 3.63) is 35.9 Å². The maximum Gasteiger partial charge on any atom is 0.410 e. The number of hydrogen-bond donors (Lipinski definition) is 0. The number of benzene rings is 1. The highest BCUT2D eigenvalue weighted by Gasteiger charge is 2.21. The topological polar surface area (TPSA) is 38.8 Å². The largest absolute Gasteiger partial charge is 0.491 e. The third-order valence-electron chi connectivity index (χ3n) is 3.29. The molecule has 1 aromatic carbocycles. The first-order chi connectivity index (χ1) is 10.5. The Balaban J connectivity index is 2.04. The quantitative estimate of drug-likeness (QED) is 0.724. The molecular formula is C18H25NO3. The normalized spacial score (nSPS) is 17.7. The smallest absolute Gasteiger partial charge is 0.410 e. The Morgan fingerprint density at radius 1 is 1.23 bits per heavy atom. The number of allylic oxidation sites excluding steroid dienone is 1. The Labute approximate surface area is 132 Å². The van der Waals surface area contributed by atoms with Gasteiger partial charge in [-0.1, -0.05) is 30.4 Å². The van der Waals surface area contributed by atoms with Crippen LogP contribution in [-0.4, -0.2) is 36.3 Å². The van der Waals surface area contributed by atoms with Gasteiger partial charge in [0, 0.05) is 12.1 Å². The highest BCUT2D eigenvalue weighted by molar-refractivity contribution is 5.68. The number of hydrogen-bond acceptors (Lipinski definition) is 3. The van der Waals surface area contributed by atoms with Crippen LogP contribution in [0.2, 0.25) is 0 Å². The zero-order chi connectivity index (χ0) is 16.0. The molecular weight excluding hydrogens is 278 g/mol. The lowest BCUT2D eigenvalue weighted by molar-refractivity contribution is 0.0225. The van der Waals surface area contributed by atoms with Gasteiger partial charge in [0.05, 0.1) is 6.54 Å². The number of amides is 1. The molecule has 0 atom stereocenters. The van der Waals surface area contributed by atoms with E-state index in [0.29, 0.717) is 19.7 Å². The lowest BCUT2D eigenvalue weighted by atomic mass is 10.1. The van der Waals surface area contributed by atoms with Gasteiger partial charge in [-0.15, -0.1) is 0 Å². The number of rotatable bonds is 0. The number of carbonyl (C=O) groups is 1. The second kappa shape index (κ2) is 7.34. The summed E-state index contributed by atoms with van der Waals surface area (Å²) in [5.41, 5.74) is 0.602. The lowest BCUT2D eigenvalue weighted by Gasteiger charge is -2.27. The van der Waals surface area contributed by atoms with Crippen LogP contribution in [0.1, 0.15) is 39.2 Å². The third kappa shape index (κ3) is 5.10. The first-order valence-electron chi connectivity index (χ1n) is 7.82. The maximum absolute atomic E-state index is 12.2. The Kier molecular flexibility index (Phi) is 5.47. The van der Waals surface area contributed by atoms with Crippen molar-refractivity contribution >= 4 is 12.2 Å². The van der Waals surface area contributed by atoms with E-state index in [4.69, 9.17) is 9.47 Å². The average molecular weight is 303 g/mol. The minimum Gasteiger partial charge on any atom is -0.491 e. The highest BCUT2D eigenvalue weighted by atomic mass is 16.6. The fraction of sp³-hybridized carbons (Fsp3) is 0.500. The fourth-order valence-electron chi connectivity index (χ4n) is 2.25. The van der Waals surface area contributed by atoms with Crippen LogP contribution < -0.4 is 4.74 Å². The zero-order valence-corrected chi connectivity index (χ0v) is 13.7. The van der Waals surface area contributed by atoms with E-state index in [9.17, 15) is 4.79 Å². The van der Waals surface area contributed by atoms with Crippen LogP contribution in [0.3, 0.4) is 0 Å². The van der Waals surface area contributed by atoms with E-state index in [2.05, 4.69) is 12.2 Å². The summed E-state index contributed by atoms with van der Waals surface area (Å²) in [7, 11) is 0. The molecule has 1 heterocycles. The Morgan fingerprint density at radius 3 is 2.77 bits per heavy atom. The van der Waals surface area contributed by atoms with Crippen molar-refractivity contribution in [2.24, 2.45) is 0 Å². The molecule has 22 heavy (non-hydrogen) atoms. The van der Waals surface area contributed by atoms with Crippen LogP contribution in [0.15, 0.2) is 30.3 Å². The predicted molar refractivity (Wildman–Crippen MR) is 88.0 cm³/mol.